The molecule has 0 aliphatic heterocycles. The number of carbonyl (C=O) groups excluding carboxylic acids is 1. The van der Waals surface area contributed by atoms with E-state index in [0.29, 0.717) is 18.3 Å². The molecule has 1 fully saturated rings. The first-order chi connectivity index (χ1) is 11.6. The van der Waals surface area contributed by atoms with Crippen LogP contribution in [0.5, 0.6) is 0 Å². The lowest BCUT2D eigenvalue weighted by molar-refractivity contribution is -0.117. The van der Waals surface area contributed by atoms with Crippen molar-refractivity contribution >= 4 is 11.6 Å². The smallest absolute Gasteiger partial charge is 0.224 e. The van der Waals surface area contributed by atoms with Crippen molar-refractivity contribution in [3.63, 3.8) is 0 Å². The summed E-state index contributed by atoms with van der Waals surface area (Å²) in [7, 11) is 0. The van der Waals surface area contributed by atoms with Crippen molar-refractivity contribution in [2.45, 2.75) is 58.3 Å². The summed E-state index contributed by atoms with van der Waals surface area (Å²) < 4.78 is 1.83. The van der Waals surface area contributed by atoms with Gasteiger partial charge < -0.3 is 5.32 Å². The van der Waals surface area contributed by atoms with Crippen molar-refractivity contribution in [2.75, 3.05) is 5.32 Å². The molecular formula is C19H26N4O. The highest BCUT2D eigenvalue weighted by Gasteiger charge is 2.17. The topological polar surface area (TPSA) is 59.8 Å². The number of amides is 1. The minimum atomic E-state index is 0.113. The zero-order chi connectivity index (χ0) is 16.9. The molecule has 24 heavy (non-hydrogen) atoms. The van der Waals surface area contributed by atoms with Crippen molar-refractivity contribution < 1.29 is 4.79 Å². The summed E-state index contributed by atoms with van der Waals surface area (Å²) in [6.07, 6.45) is 8.63. The van der Waals surface area contributed by atoms with Gasteiger partial charge in [-0.2, -0.15) is 0 Å². The summed E-state index contributed by atoms with van der Waals surface area (Å²) in [4.78, 5) is 12.3. The summed E-state index contributed by atoms with van der Waals surface area (Å²) in [5.74, 6) is 0.996. The molecule has 1 aromatic carbocycles. The fourth-order valence-corrected chi connectivity index (χ4v) is 3.42. The van der Waals surface area contributed by atoms with E-state index in [4.69, 9.17) is 0 Å². The minimum Gasteiger partial charge on any atom is -0.326 e. The summed E-state index contributed by atoms with van der Waals surface area (Å²) in [6.45, 7) is 4.23. The van der Waals surface area contributed by atoms with Crippen LogP contribution in [0.4, 0.5) is 5.69 Å². The van der Waals surface area contributed by atoms with Gasteiger partial charge in [-0.15, -0.1) is 5.10 Å². The minimum absolute atomic E-state index is 0.113. The maximum Gasteiger partial charge on any atom is 0.224 e. The van der Waals surface area contributed by atoms with Crippen LogP contribution in [0.2, 0.25) is 0 Å². The zero-order valence-electron chi connectivity index (χ0n) is 14.5. The molecule has 0 atom stereocenters. The van der Waals surface area contributed by atoms with Crippen molar-refractivity contribution in [2.24, 2.45) is 5.92 Å². The lowest BCUT2D eigenvalue weighted by Gasteiger charge is -2.20. The molecule has 0 unspecified atom stereocenters. The third-order valence-electron chi connectivity index (χ3n) is 4.74. The molecule has 2 aromatic rings. The number of anilines is 1. The standard InChI is InChI=1S/C19H26N4O/c1-14(2)18-13-20-22-23(18)17-10-6-9-16(12-17)21-19(24)11-15-7-4-3-5-8-15/h6,9-10,12-15H,3-5,7-8,11H2,1-2H3,(H,21,24). The van der Waals surface area contributed by atoms with Gasteiger partial charge in [0.25, 0.3) is 0 Å². The molecule has 1 N–H and O–H groups in total. The molecule has 1 amide bonds. The molecule has 0 saturated heterocycles. The average Bonchev–Trinajstić information content (AvgIpc) is 3.06. The lowest BCUT2D eigenvalue weighted by atomic mass is 9.87. The fourth-order valence-electron chi connectivity index (χ4n) is 3.42. The van der Waals surface area contributed by atoms with Crippen LogP contribution < -0.4 is 5.32 Å². The fraction of sp³-hybridized carbons (Fsp3) is 0.526. The van der Waals surface area contributed by atoms with Gasteiger partial charge in [0.1, 0.15) is 0 Å². The van der Waals surface area contributed by atoms with Gasteiger partial charge in [0.15, 0.2) is 0 Å². The second-order valence-electron chi connectivity index (χ2n) is 7.03. The van der Waals surface area contributed by atoms with E-state index in [1.165, 1.54) is 32.1 Å². The van der Waals surface area contributed by atoms with Gasteiger partial charge in [0, 0.05) is 12.1 Å². The van der Waals surface area contributed by atoms with E-state index in [1.54, 1.807) is 6.20 Å². The van der Waals surface area contributed by atoms with Crippen molar-refractivity contribution in [1.82, 2.24) is 15.0 Å². The number of rotatable bonds is 5. The molecule has 128 valence electrons. The molecule has 0 spiro atoms. The van der Waals surface area contributed by atoms with Gasteiger partial charge in [0.2, 0.25) is 5.91 Å². The Morgan fingerprint density at radius 1 is 1.29 bits per heavy atom. The Hall–Kier alpha value is -2.17. The van der Waals surface area contributed by atoms with E-state index in [-0.39, 0.29) is 5.91 Å². The number of aromatic nitrogens is 3. The van der Waals surface area contributed by atoms with Gasteiger partial charge >= 0.3 is 0 Å². The molecule has 1 heterocycles. The molecule has 1 aromatic heterocycles. The summed E-state index contributed by atoms with van der Waals surface area (Å²) in [5, 5.41) is 11.2. The molecule has 1 saturated carbocycles. The van der Waals surface area contributed by atoms with Gasteiger partial charge in [-0.25, -0.2) is 4.68 Å². The van der Waals surface area contributed by atoms with Crippen LogP contribution in [0.3, 0.4) is 0 Å². The van der Waals surface area contributed by atoms with Crippen LogP contribution in [0.25, 0.3) is 5.69 Å². The van der Waals surface area contributed by atoms with Crippen molar-refractivity contribution in [1.29, 1.82) is 0 Å². The number of nitrogens with one attached hydrogen (secondary N) is 1. The number of benzene rings is 1. The Kier molecular flexibility index (Phi) is 5.28. The number of hydrogen-bond acceptors (Lipinski definition) is 3. The van der Waals surface area contributed by atoms with E-state index in [0.717, 1.165) is 17.1 Å². The predicted molar refractivity (Wildman–Crippen MR) is 95.3 cm³/mol. The molecule has 1 aliphatic rings. The second kappa shape index (κ2) is 7.60. The van der Waals surface area contributed by atoms with E-state index in [9.17, 15) is 4.79 Å². The highest BCUT2D eigenvalue weighted by molar-refractivity contribution is 5.91. The average molecular weight is 326 g/mol. The monoisotopic (exact) mass is 326 g/mol. The van der Waals surface area contributed by atoms with Crippen LogP contribution in [-0.2, 0) is 4.79 Å². The quantitative estimate of drug-likeness (QED) is 0.891. The van der Waals surface area contributed by atoms with E-state index in [2.05, 4.69) is 29.5 Å². The van der Waals surface area contributed by atoms with E-state index >= 15 is 0 Å². The second-order valence-corrected chi connectivity index (χ2v) is 7.03. The Bertz CT molecular complexity index is 686. The highest BCUT2D eigenvalue weighted by Crippen LogP contribution is 2.27. The molecule has 1 aliphatic carbocycles. The number of nitrogens with zero attached hydrogens (tertiary/aromatic N) is 3. The molecule has 3 rings (SSSR count). The Morgan fingerprint density at radius 2 is 2.08 bits per heavy atom. The predicted octanol–water partition coefficient (Wildman–Crippen LogP) is 4.30. The lowest BCUT2D eigenvalue weighted by Crippen LogP contribution is -2.18. The maximum atomic E-state index is 12.3. The summed E-state index contributed by atoms with van der Waals surface area (Å²) >= 11 is 0. The highest BCUT2D eigenvalue weighted by atomic mass is 16.1. The molecular weight excluding hydrogens is 300 g/mol. The normalized spacial score (nSPS) is 15.6. The van der Waals surface area contributed by atoms with Crippen LogP contribution in [0.15, 0.2) is 30.5 Å². The number of hydrogen-bond donors (Lipinski definition) is 1. The maximum absolute atomic E-state index is 12.3. The Morgan fingerprint density at radius 3 is 2.83 bits per heavy atom. The largest absolute Gasteiger partial charge is 0.326 e. The third kappa shape index (κ3) is 4.02. The first-order valence-corrected chi connectivity index (χ1v) is 8.94. The van der Waals surface area contributed by atoms with Crippen molar-refractivity contribution in [3.05, 3.63) is 36.2 Å². The van der Waals surface area contributed by atoms with Crippen LogP contribution in [0.1, 0.15) is 64.0 Å². The van der Waals surface area contributed by atoms with Crippen LogP contribution in [-0.4, -0.2) is 20.9 Å². The van der Waals surface area contributed by atoms with Crippen LogP contribution in [0, 0.1) is 5.92 Å². The molecule has 0 radical (unpaired) electrons. The summed E-state index contributed by atoms with van der Waals surface area (Å²) in [5.41, 5.74) is 2.80. The summed E-state index contributed by atoms with van der Waals surface area (Å²) in [6, 6.07) is 7.81. The zero-order valence-corrected chi connectivity index (χ0v) is 14.5. The SMILES string of the molecule is CC(C)c1cnnn1-c1cccc(NC(=O)CC2CCCCC2)c1. The Labute approximate surface area is 143 Å². The molecule has 0 bridgehead atoms. The first-order valence-electron chi connectivity index (χ1n) is 8.94. The molecule has 5 heteroatoms. The first kappa shape index (κ1) is 16.7. The van der Waals surface area contributed by atoms with Gasteiger partial charge in [0.05, 0.1) is 17.6 Å². The van der Waals surface area contributed by atoms with E-state index < -0.39 is 0 Å². The Balaban J connectivity index is 1.68. The van der Waals surface area contributed by atoms with Gasteiger partial charge in [-0.05, 0) is 42.9 Å². The number of carbonyl (C=O) groups is 1. The molecule has 5 nitrogen and oxygen atoms in total. The third-order valence-corrected chi connectivity index (χ3v) is 4.74. The van der Waals surface area contributed by atoms with E-state index in [1.807, 2.05) is 28.9 Å². The van der Waals surface area contributed by atoms with Gasteiger partial charge in [-0.3, -0.25) is 4.79 Å². The van der Waals surface area contributed by atoms with Crippen LogP contribution >= 0.6 is 0 Å². The van der Waals surface area contributed by atoms with Gasteiger partial charge in [-0.1, -0.05) is 44.4 Å². The van der Waals surface area contributed by atoms with Crippen molar-refractivity contribution in [3.8, 4) is 5.69 Å².